The van der Waals surface area contributed by atoms with Crippen LogP contribution in [-0.2, 0) is 9.59 Å². The lowest BCUT2D eigenvalue weighted by Crippen LogP contribution is -2.51. The summed E-state index contributed by atoms with van der Waals surface area (Å²) in [6, 6.07) is 21.9. The highest BCUT2D eigenvalue weighted by Crippen LogP contribution is 2.30. The molecule has 0 unspecified atom stereocenters. The first-order valence-corrected chi connectivity index (χ1v) is 9.17. The van der Waals surface area contributed by atoms with Crippen LogP contribution in [0.3, 0.4) is 0 Å². The summed E-state index contributed by atoms with van der Waals surface area (Å²) in [6.45, 7) is 1.97. The summed E-state index contributed by atoms with van der Waals surface area (Å²) in [5.74, 6) is -0.997. The molecule has 2 N–H and O–H groups in total. The van der Waals surface area contributed by atoms with Crippen molar-refractivity contribution < 1.29 is 9.59 Å². The standard InChI is InChI=1S/C22H17N3O2S/c1-14-16(12-18-20(26)23-22(28)24-21(18)27)13-19(15-8-4-2-5-9-15)25(14)17-10-6-3-7-11-17/h2-13H,1H3,(H2,23,24,26,27,28). The molecule has 6 heteroatoms. The topological polar surface area (TPSA) is 63.1 Å². The quantitative estimate of drug-likeness (QED) is 0.412. The second kappa shape index (κ2) is 7.25. The molecule has 0 bridgehead atoms. The van der Waals surface area contributed by atoms with Crippen molar-refractivity contribution in [1.82, 2.24) is 15.2 Å². The number of thiocarbonyl (C=S) groups is 1. The van der Waals surface area contributed by atoms with E-state index in [9.17, 15) is 9.59 Å². The van der Waals surface area contributed by atoms with E-state index in [0.717, 1.165) is 28.2 Å². The third kappa shape index (κ3) is 3.25. The SMILES string of the molecule is Cc1c(C=C2C(=O)NC(=S)NC2=O)cc(-c2ccccc2)n1-c1ccccc1. The minimum Gasteiger partial charge on any atom is -0.313 e. The van der Waals surface area contributed by atoms with Gasteiger partial charge in [-0.2, -0.15) is 0 Å². The van der Waals surface area contributed by atoms with Crippen LogP contribution in [0, 0.1) is 6.92 Å². The summed E-state index contributed by atoms with van der Waals surface area (Å²) in [4.78, 5) is 24.5. The highest BCUT2D eigenvalue weighted by molar-refractivity contribution is 7.80. The van der Waals surface area contributed by atoms with Gasteiger partial charge in [-0.3, -0.25) is 20.2 Å². The number of carbonyl (C=O) groups is 2. The summed E-state index contributed by atoms with van der Waals surface area (Å²) in [5, 5.41) is 4.96. The monoisotopic (exact) mass is 387 g/mol. The summed E-state index contributed by atoms with van der Waals surface area (Å²) in [7, 11) is 0. The molecule has 0 spiro atoms. The number of hydrogen-bond donors (Lipinski definition) is 2. The molecule has 2 amide bonds. The Hall–Kier alpha value is -3.51. The van der Waals surface area contributed by atoms with E-state index in [4.69, 9.17) is 12.2 Å². The van der Waals surface area contributed by atoms with Crippen LogP contribution in [0.4, 0.5) is 0 Å². The van der Waals surface area contributed by atoms with Crippen molar-refractivity contribution in [2.24, 2.45) is 0 Å². The molecular formula is C22H17N3O2S. The molecule has 0 aliphatic carbocycles. The smallest absolute Gasteiger partial charge is 0.263 e. The number of amides is 2. The number of nitrogens with one attached hydrogen (secondary N) is 2. The molecule has 1 aliphatic heterocycles. The van der Waals surface area contributed by atoms with Crippen LogP contribution in [-0.4, -0.2) is 21.5 Å². The summed E-state index contributed by atoms with van der Waals surface area (Å²) in [6.07, 6.45) is 1.60. The van der Waals surface area contributed by atoms with Gasteiger partial charge in [0.1, 0.15) is 5.57 Å². The van der Waals surface area contributed by atoms with Crippen LogP contribution >= 0.6 is 12.2 Å². The number of nitrogens with zero attached hydrogens (tertiary/aromatic N) is 1. The second-order valence-corrected chi connectivity index (χ2v) is 6.81. The molecule has 4 rings (SSSR count). The molecule has 1 aromatic heterocycles. The Bertz CT molecular complexity index is 1090. The van der Waals surface area contributed by atoms with Crippen molar-refractivity contribution in [2.45, 2.75) is 6.92 Å². The highest BCUT2D eigenvalue weighted by Gasteiger charge is 2.26. The molecule has 2 heterocycles. The van der Waals surface area contributed by atoms with E-state index in [0.29, 0.717) is 0 Å². The lowest BCUT2D eigenvalue weighted by molar-refractivity contribution is -0.123. The van der Waals surface area contributed by atoms with Gasteiger partial charge >= 0.3 is 0 Å². The van der Waals surface area contributed by atoms with E-state index in [1.165, 1.54) is 0 Å². The van der Waals surface area contributed by atoms with E-state index in [-0.39, 0.29) is 10.7 Å². The van der Waals surface area contributed by atoms with Crippen molar-refractivity contribution in [3.05, 3.63) is 83.6 Å². The zero-order chi connectivity index (χ0) is 19.7. The molecule has 0 radical (unpaired) electrons. The predicted octanol–water partition coefficient (Wildman–Crippen LogP) is 3.37. The van der Waals surface area contributed by atoms with Crippen LogP contribution < -0.4 is 10.6 Å². The number of benzene rings is 2. The largest absolute Gasteiger partial charge is 0.313 e. The zero-order valence-corrected chi connectivity index (χ0v) is 15.9. The molecule has 0 saturated carbocycles. The van der Waals surface area contributed by atoms with Crippen molar-refractivity contribution in [3.8, 4) is 16.9 Å². The summed E-state index contributed by atoms with van der Waals surface area (Å²) in [5.41, 5.74) is 4.76. The first kappa shape index (κ1) is 17.9. The third-order valence-corrected chi connectivity index (χ3v) is 4.82. The molecule has 5 nitrogen and oxygen atoms in total. The van der Waals surface area contributed by atoms with Gasteiger partial charge in [0, 0.05) is 11.4 Å². The Balaban J connectivity index is 1.90. The Morgan fingerprint density at radius 1 is 0.893 bits per heavy atom. The van der Waals surface area contributed by atoms with Gasteiger partial charge in [0.05, 0.1) is 5.69 Å². The minimum absolute atomic E-state index is 0.0238. The molecule has 3 aromatic rings. The average Bonchev–Trinajstić information content (AvgIpc) is 3.02. The van der Waals surface area contributed by atoms with Crippen molar-refractivity contribution in [3.63, 3.8) is 0 Å². The van der Waals surface area contributed by atoms with Gasteiger partial charge in [-0.1, -0.05) is 48.5 Å². The van der Waals surface area contributed by atoms with Crippen LogP contribution in [0.15, 0.2) is 72.3 Å². The number of hydrogen-bond acceptors (Lipinski definition) is 3. The van der Waals surface area contributed by atoms with Crippen LogP contribution in [0.2, 0.25) is 0 Å². The minimum atomic E-state index is -0.498. The lowest BCUT2D eigenvalue weighted by Gasteiger charge is -2.16. The van der Waals surface area contributed by atoms with Gasteiger partial charge in [0.25, 0.3) is 11.8 Å². The Labute approximate surface area is 167 Å². The molecule has 28 heavy (non-hydrogen) atoms. The molecule has 2 aromatic carbocycles. The maximum absolute atomic E-state index is 12.2. The van der Waals surface area contributed by atoms with Crippen molar-refractivity contribution in [1.29, 1.82) is 0 Å². The third-order valence-electron chi connectivity index (χ3n) is 4.61. The van der Waals surface area contributed by atoms with Gasteiger partial charge in [-0.25, -0.2) is 0 Å². The van der Waals surface area contributed by atoms with Crippen LogP contribution in [0.5, 0.6) is 0 Å². The van der Waals surface area contributed by atoms with E-state index in [1.54, 1.807) is 6.08 Å². The fraction of sp³-hybridized carbons (Fsp3) is 0.0455. The molecule has 1 aliphatic rings. The number of rotatable bonds is 3. The first-order valence-electron chi connectivity index (χ1n) is 8.76. The first-order chi connectivity index (χ1) is 13.5. The Morgan fingerprint density at radius 2 is 1.46 bits per heavy atom. The maximum Gasteiger partial charge on any atom is 0.263 e. The lowest BCUT2D eigenvalue weighted by atomic mass is 10.1. The maximum atomic E-state index is 12.2. The van der Waals surface area contributed by atoms with Gasteiger partial charge in [0.15, 0.2) is 5.11 Å². The van der Waals surface area contributed by atoms with Crippen LogP contribution in [0.25, 0.3) is 23.0 Å². The molecular weight excluding hydrogens is 370 g/mol. The van der Waals surface area contributed by atoms with E-state index in [1.807, 2.05) is 73.7 Å². The molecule has 1 saturated heterocycles. The van der Waals surface area contributed by atoms with E-state index in [2.05, 4.69) is 15.2 Å². The van der Waals surface area contributed by atoms with Crippen molar-refractivity contribution in [2.75, 3.05) is 0 Å². The van der Waals surface area contributed by atoms with Gasteiger partial charge < -0.3 is 4.57 Å². The van der Waals surface area contributed by atoms with Crippen LogP contribution in [0.1, 0.15) is 11.3 Å². The fourth-order valence-corrected chi connectivity index (χ4v) is 3.45. The van der Waals surface area contributed by atoms with E-state index >= 15 is 0 Å². The summed E-state index contributed by atoms with van der Waals surface area (Å²) >= 11 is 4.86. The Morgan fingerprint density at radius 3 is 2.07 bits per heavy atom. The normalized spacial score (nSPS) is 13.9. The molecule has 1 fully saturated rings. The average molecular weight is 387 g/mol. The Kier molecular flexibility index (Phi) is 4.63. The number of carbonyl (C=O) groups excluding carboxylic acids is 2. The highest BCUT2D eigenvalue weighted by atomic mass is 32.1. The zero-order valence-electron chi connectivity index (χ0n) is 15.1. The van der Waals surface area contributed by atoms with Gasteiger partial charge in [-0.15, -0.1) is 0 Å². The number of aromatic nitrogens is 1. The van der Waals surface area contributed by atoms with Gasteiger partial charge in [-0.05, 0) is 54.5 Å². The predicted molar refractivity (Wildman–Crippen MR) is 113 cm³/mol. The molecule has 138 valence electrons. The summed E-state index contributed by atoms with van der Waals surface area (Å²) < 4.78 is 2.12. The number of para-hydroxylation sites is 1. The molecule has 0 atom stereocenters. The van der Waals surface area contributed by atoms with E-state index < -0.39 is 11.8 Å². The fourth-order valence-electron chi connectivity index (χ4n) is 3.27. The van der Waals surface area contributed by atoms with Gasteiger partial charge in [0.2, 0.25) is 0 Å². The van der Waals surface area contributed by atoms with Crippen molar-refractivity contribution >= 4 is 35.2 Å². The second-order valence-electron chi connectivity index (χ2n) is 6.40.